The number of unbranched alkanes of at least 4 members (excludes halogenated alkanes) is 2. The number of rotatable bonds is 37. The second-order valence-electron chi connectivity index (χ2n) is 25.2. The number of likely N-dealkylation sites (tertiary alicyclic amines) is 1. The summed E-state index contributed by atoms with van der Waals surface area (Å²) in [6.45, 7) is 21.0. The number of carbonyl (C=O) groups excluding carboxylic acids is 10. The molecule has 6 N–H and O–H groups in total. The summed E-state index contributed by atoms with van der Waals surface area (Å²) >= 11 is 0. The monoisotopic (exact) mass is 1240 g/mol. The van der Waals surface area contributed by atoms with Gasteiger partial charge in [0.05, 0.1) is 49.3 Å². The molecule has 4 rings (SSSR count). The summed E-state index contributed by atoms with van der Waals surface area (Å²) in [6, 6.07) is 5.51. The molecule has 0 spiro atoms. The van der Waals surface area contributed by atoms with E-state index in [0.717, 1.165) is 36.1 Å². The number of hydroxylamine groups is 2. The number of likely N-dealkylation sites (N-methyl/N-ethyl adjacent to an activating group) is 1. The van der Waals surface area contributed by atoms with Crippen molar-refractivity contribution in [1.29, 1.82) is 0 Å². The summed E-state index contributed by atoms with van der Waals surface area (Å²) in [7, 11) is 4.95. The number of amides is 8. The Kier molecular flexibility index (Phi) is 31.4. The number of hydrazine groups is 1. The molecule has 3 aliphatic heterocycles. The third-order valence-corrected chi connectivity index (χ3v) is 18.0. The molecule has 8 amide bonds. The lowest BCUT2D eigenvalue weighted by molar-refractivity contribution is -0.199. The first-order valence-corrected chi connectivity index (χ1v) is 32.0. The van der Waals surface area contributed by atoms with Crippen LogP contribution >= 0.6 is 0 Å². The van der Waals surface area contributed by atoms with Gasteiger partial charge in [-0.25, -0.2) is 5.06 Å². The topological polar surface area (TPSA) is 295 Å². The van der Waals surface area contributed by atoms with Gasteiger partial charge in [-0.15, -0.1) is 0 Å². The molecule has 1 aromatic rings. The lowest BCUT2D eigenvalue weighted by atomic mass is 9.74. The van der Waals surface area contributed by atoms with E-state index in [2.05, 4.69) is 35.3 Å². The molecule has 0 aromatic heterocycles. The van der Waals surface area contributed by atoms with E-state index in [9.17, 15) is 47.9 Å². The molecule has 3 heterocycles. The summed E-state index contributed by atoms with van der Waals surface area (Å²) in [5.74, 6) is -5.51. The standard InChI is InChI=1S/C65H105N9O14/c1-14-42(6)48(51(85-12)39-55(78)72-34-23-27-50(72)61(86-13)45(9)62(81)67-49(38-47-25-17-15-18-26-47)65(84)74-35-21-22-36-87-74)37-43(7)44(8)60(80)58(40(2)3)68-64(83)59(41(4)5)71(11)32-24-29-56(79)88-46(10)57(66)63(82)70-69-52(75)28-19-16-20-33-73-53(76)30-31-54(73)77/h15,17-18,25-26,30-31,40-46,48-51,57-59,61H,14,16,19-24,27-29,32-39,66H2,1-13H3,(H,67,81)(H,68,83)(H,69,75)(H,70,82). The van der Waals surface area contributed by atoms with Gasteiger partial charge in [-0.2, -0.15) is 0 Å². The third-order valence-electron chi connectivity index (χ3n) is 18.0. The van der Waals surface area contributed by atoms with E-state index < -0.39 is 78.1 Å². The second kappa shape index (κ2) is 37.1. The fourth-order valence-corrected chi connectivity index (χ4v) is 12.2. The Morgan fingerprint density at radius 3 is 2.03 bits per heavy atom. The van der Waals surface area contributed by atoms with Crippen LogP contribution in [-0.2, 0) is 73.4 Å². The van der Waals surface area contributed by atoms with E-state index in [0.29, 0.717) is 64.8 Å². The minimum absolute atomic E-state index is 0.0367. The lowest BCUT2D eigenvalue weighted by Gasteiger charge is -2.38. The van der Waals surface area contributed by atoms with Crippen molar-refractivity contribution in [3.05, 3.63) is 48.0 Å². The Labute approximate surface area is 522 Å². The maximum Gasteiger partial charge on any atom is 0.306 e. The number of nitrogens with two attached hydrogens (primary N) is 1. The van der Waals surface area contributed by atoms with Gasteiger partial charge >= 0.3 is 5.97 Å². The van der Waals surface area contributed by atoms with E-state index in [1.807, 2.05) is 81.7 Å². The van der Waals surface area contributed by atoms with Gasteiger partial charge < -0.3 is 35.5 Å². The molecule has 1 aromatic carbocycles. The number of Topliss-reactive ketones (excluding diaryl/α,β-unsaturated/α-hetero) is 1. The number of hydrogen-bond acceptors (Lipinski definition) is 16. The van der Waals surface area contributed by atoms with Crippen LogP contribution in [0.2, 0.25) is 0 Å². The van der Waals surface area contributed by atoms with Gasteiger partial charge in [-0.1, -0.05) is 105 Å². The van der Waals surface area contributed by atoms with Gasteiger partial charge in [0.15, 0.2) is 5.78 Å². The van der Waals surface area contributed by atoms with Crippen molar-refractivity contribution in [1.82, 2.24) is 41.2 Å². The average Bonchev–Trinajstić information content (AvgIpc) is 4.25. The van der Waals surface area contributed by atoms with Crippen LogP contribution in [0.5, 0.6) is 0 Å². The van der Waals surface area contributed by atoms with Crippen LogP contribution in [0, 0.1) is 41.4 Å². The summed E-state index contributed by atoms with van der Waals surface area (Å²) in [5, 5.41) is 7.48. The SMILES string of the molecule is CCC(C)C(CC(C)C(C)C(=O)C(NC(=O)C(C(C)C)N(C)CCCC(=O)OC(C)C(N)C(=O)NNC(=O)CCCCCN1C(=O)C=CC1=O)C(C)C)C(CC(=O)N1CCCC1C(OC)C(C)C(=O)NC(Cc1ccccc1)C(=O)N1CCCCO1)OC. The molecule has 494 valence electrons. The smallest absolute Gasteiger partial charge is 0.306 e. The zero-order chi connectivity index (χ0) is 65.4. The highest BCUT2D eigenvalue weighted by molar-refractivity contribution is 6.12. The lowest BCUT2D eigenvalue weighted by Crippen LogP contribution is -2.55. The number of ketones is 1. The zero-order valence-corrected chi connectivity index (χ0v) is 54.7. The Bertz CT molecular complexity index is 2470. The number of nitrogens with one attached hydrogen (secondary N) is 4. The number of ether oxygens (including phenoxy) is 3. The van der Waals surface area contributed by atoms with Gasteiger partial charge in [0.25, 0.3) is 23.6 Å². The van der Waals surface area contributed by atoms with Gasteiger partial charge in [-0.3, -0.25) is 73.4 Å². The molecule has 0 saturated carbocycles. The van der Waals surface area contributed by atoms with E-state index in [-0.39, 0.29) is 103 Å². The zero-order valence-electron chi connectivity index (χ0n) is 54.7. The second-order valence-corrected chi connectivity index (χ2v) is 25.2. The predicted octanol–water partition coefficient (Wildman–Crippen LogP) is 4.98. The van der Waals surface area contributed by atoms with Crippen LogP contribution in [0.25, 0.3) is 0 Å². The van der Waals surface area contributed by atoms with Gasteiger partial charge in [0.2, 0.25) is 23.6 Å². The Hall–Kier alpha value is -6.14. The summed E-state index contributed by atoms with van der Waals surface area (Å²) < 4.78 is 17.7. The maximum absolute atomic E-state index is 14.6. The van der Waals surface area contributed by atoms with Crippen LogP contribution in [0.3, 0.4) is 0 Å². The molecule has 0 bridgehead atoms. The number of imide groups is 1. The fraction of sp³-hybridized carbons (Fsp3) is 0.723. The van der Waals surface area contributed by atoms with E-state index >= 15 is 0 Å². The Balaban J connectivity index is 1.29. The summed E-state index contributed by atoms with van der Waals surface area (Å²) in [4.78, 5) is 143. The number of carbonyl (C=O) groups is 10. The van der Waals surface area contributed by atoms with E-state index in [1.54, 1.807) is 28.2 Å². The molecule has 13 atom stereocenters. The van der Waals surface area contributed by atoms with Crippen molar-refractivity contribution < 1.29 is 67.0 Å². The molecular formula is C65H105N9O14. The van der Waals surface area contributed by atoms with Gasteiger partial charge in [0, 0.05) is 71.2 Å². The third kappa shape index (κ3) is 22.1. The summed E-state index contributed by atoms with van der Waals surface area (Å²) in [6.07, 6.45) is 6.92. The maximum atomic E-state index is 14.6. The van der Waals surface area contributed by atoms with Crippen LogP contribution < -0.4 is 27.2 Å². The molecule has 88 heavy (non-hydrogen) atoms. The largest absolute Gasteiger partial charge is 0.460 e. The molecule has 3 aliphatic rings. The van der Waals surface area contributed by atoms with Crippen molar-refractivity contribution in [3.63, 3.8) is 0 Å². The first-order valence-electron chi connectivity index (χ1n) is 32.0. The van der Waals surface area contributed by atoms with E-state index in [4.69, 9.17) is 24.8 Å². The number of benzene rings is 1. The van der Waals surface area contributed by atoms with Crippen LogP contribution in [0.4, 0.5) is 0 Å². The Morgan fingerprint density at radius 2 is 1.43 bits per heavy atom. The van der Waals surface area contributed by atoms with Crippen molar-refractivity contribution in [3.8, 4) is 0 Å². The fourth-order valence-electron chi connectivity index (χ4n) is 12.2. The normalized spacial score (nSPS) is 19.5. The number of methoxy groups -OCH3 is 2. The van der Waals surface area contributed by atoms with Gasteiger partial charge in [-0.05, 0) is 107 Å². The first-order chi connectivity index (χ1) is 41.8. The number of nitrogens with zero attached hydrogens (tertiary/aromatic N) is 4. The van der Waals surface area contributed by atoms with Crippen molar-refractivity contribution >= 4 is 59.0 Å². The highest BCUT2D eigenvalue weighted by Crippen LogP contribution is 2.35. The minimum Gasteiger partial charge on any atom is -0.460 e. The minimum atomic E-state index is -1.29. The van der Waals surface area contributed by atoms with Crippen LogP contribution in [-0.4, -0.2) is 181 Å². The molecule has 0 radical (unpaired) electrons. The van der Waals surface area contributed by atoms with Crippen molar-refractivity contribution in [2.45, 2.75) is 208 Å². The number of esters is 1. The molecule has 13 unspecified atom stereocenters. The molecule has 2 saturated heterocycles. The van der Waals surface area contributed by atoms with Crippen molar-refractivity contribution in [2.24, 2.45) is 47.2 Å². The summed E-state index contributed by atoms with van der Waals surface area (Å²) in [5.41, 5.74) is 11.5. The predicted molar refractivity (Wildman–Crippen MR) is 331 cm³/mol. The molecular weight excluding hydrogens is 1130 g/mol. The molecule has 23 nitrogen and oxygen atoms in total. The molecule has 23 heteroatoms. The van der Waals surface area contributed by atoms with E-state index in [1.165, 1.54) is 24.1 Å². The van der Waals surface area contributed by atoms with Crippen LogP contribution in [0.1, 0.15) is 158 Å². The van der Waals surface area contributed by atoms with Crippen LogP contribution in [0.15, 0.2) is 42.5 Å². The number of hydrogen-bond donors (Lipinski definition) is 5. The van der Waals surface area contributed by atoms with Gasteiger partial charge in [0.1, 0.15) is 18.2 Å². The highest BCUT2D eigenvalue weighted by atomic mass is 16.7. The molecule has 2 fully saturated rings. The highest BCUT2D eigenvalue weighted by Gasteiger charge is 2.43. The average molecular weight is 1240 g/mol. The Morgan fingerprint density at radius 1 is 0.750 bits per heavy atom. The van der Waals surface area contributed by atoms with Crippen molar-refractivity contribution in [2.75, 3.05) is 54.1 Å². The first kappa shape index (κ1) is 74.3. The molecule has 0 aliphatic carbocycles. The quantitative estimate of drug-likeness (QED) is 0.0254.